The molecule has 0 aliphatic heterocycles. The number of hydrogen-bond acceptors (Lipinski definition) is 7. The van der Waals surface area contributed by atoms with Crippen LogP contribution in [0.3, 0.4) is 0 Å². The maximum absolute atomic E-state index is 12.2. The molecule has 1 aromatic heterocycles. The van der Waals surface area contributed by atoms with Crippen molar-refractivity contribution >= 4 is 27.7 Å². The Hall–Kier alpha value is -2.93. The van der Waals surface area contributed by atoms with Crippen LogP contribution >= 0.6 is 0 Å². The van der Waals surface area contributed by atoms with Crippen molar-refractivity contribution in [1.82, 2.24) is 9.88 Å². The third kappa shape index (κ3) is 6.57. The van der Waals surface area contributed by atoms with Gasteiger partial charge in [-0.3, -0.25) is 4.79 Å². The quantitative estimate of drug-likeness (QED) is 0.637. The molecule has 2 rings (SSSR count). The molecule has 0 unspecified atom stereocenters. The first-order valence-electron chi connectivity index (χ1n) is 7.99. The highest BCUT2D eigenvalue weighted by Gasteiger charge is 2.30. The number of halogens is 3. The van der Waals surface area contributed by atoms with Crippen molar-refractivity contribution in [2.24, 2.45) is 0 Å². The molecular formula is C16H16F3N3O6S. The molecule has 9 nitrogen and oxygen atoms in total. The second-order valence-electron chi connectivity index (χ2n) is 5.83. The van der Waals surface area contributed by atoms with Crippen LogP contribution in [0.5, 0.6) is 0 Å². The van der Waals surface area contributed by atoms with E-state index in [1.54, 1.807) is 6.92 Å². The molecule has 0 fully saturated rings. The van der Waals surface area contributed by atoms with Crippen molar-refractivity contribution in [3.05, 3.63) is 41.7 Å². The molecule has 1 atom stereocenters. The van der Waals surface area contributed by atoms with Gasteiger partial charge in [-0.25, -0.2) is 17.9 Å². The minimum absolute atomic E-state index is 0.110. The highest BCUT2D eigenvalue weighted by molar-refractivity contribution is 7.89. The fraction of sp³-hybridized carbons (Fsp3) is 0.312. The average Bonchev–Trinajstić information content (AvgIpc) is 3.04. The third-order valence-corrected chi connectivity index (χ3v) is 4.77. The predicted octanol–water partition coefficient (Wildman–Crippen LogP) is 2.01. The molecule has 0 bridgehead atoms. The zero-order chi connectivity index (χ0) is 21.8. The molecule has 0 aliphatic carbocycles. The topological polar surface area (TPSA) is 128 Å². The lowest BCUT2D eigenvalue weighted by atomic mass is 10.2. The lowest BCUT2D eigenvalue weighted by molar-refractivity contribution is -0.124. The summed E-state index contributed by atoms with van der Waals surface area (Å²) in [5.74, 6) is -1.21. The Balaban J connectivity index is 2.05. The van der Waals surface area contributed by atoms with E-state index in [2.05, 4.69) is 10.5 Å². The Bertz CT molecular complexity index is 1000. The fourth-order valence-corrected chi connectivity index (χ4v) is 3.05. The number of amides is 1. The van der Waals surface area contributed by atoms with Crippen molar-refractivity contribution in [3.8, 4) is 0 Å². The van der Waals surface area contributed by atoms with E-state index in [0.717, 1.165) is 18.2 Å². The number of aromatic nitrogens is 1. The van der Waals surface area contributed by atoms with Crippen LogP contribution in [-0.4, -0.2) is 44.3 Å². The van der Waals surface area contributed by atoms with Gasteiger partial charge in [-0.15, -0.1) is 0 Å². The second kappa shape index (κ2) is 8.61. The normalized spacial score (nSPS) is 13.0. The number of ether oxygens (including phenoxy) is 1. The van der Waals surface area contributed by atoms with Crippen molar-refractivity contribution in [2.45, 2.75) is 31.0 Å². The maximum atomic E-state index is 12.2. The minimum atomic E-state index is -4.74. The van der Waals surface area contributed by atoms with Gasteiger partial charge in [0.1, 0.15) is 12.3 Å². The highest BCUT2D eigenvalue weighted by atomic mass is 32.2. The SMILES string of the molecule is Cc1cc(NC(=O)[C@@H](C)OC(=O)c2cccc(S(=O)(=O)NCC(F)(F)F)c2)no1. The molecule has 1 aromatic carbocycles. The van der Waals surface area contributed by atoms with E-state index >= 15 is 0 Å². The average molecular weight is 435 g/mol. The van der Waals surface area contributed by atoms with Crippen LogP contribution in [-0.2, 0) is 19.6 Å². The number of nitrogens with one attached hydrogen (secondary N) is 2. The van der Waals surface area contributed by atoms with Gasteiger partial charge in [0.2, 0.25) is 10.0 Å². The van der Waals surface area contributed by atoms with Crippen LogP contribution in [0.4, 0.5) is 19.0 Å². The number of hydrogen-bond donors (Lipinski definition) is 2. The van der Waals surface area contributed by atoms with Gasteiger partial charge in [0.25, 0.3) is 5.91 Å². The number of sulfonamides is 1. The molecule has 2 N–H and O–H groups in total. The number of carbonyl (C=O) groups excluding carboxylic acids is 2. The lowest BCUT2D eigenvalue weighted by Crippen LogP contribution is -2.34. The van der Waals surface area contributed by atoms with Gasteiger partial charge in [0.15, 0.2) is 11.9 Å². The van der Waals surface area contributed by atoms with E-state index < -0.39 is 45.6 Å². The molecule has 2 aromatic rings. The van der Waals surface area contributed by atoms with Gasteiger partial charge < -0.3 is 14.6 Å². The van der Waals surface area contributed by atoms with E-state index in [9.17, 15) is 31.2 Å². The molecule has 0 radical (unpaired) electrons. The minimum Gasteiger partial charge on any atom is -0.449 e. The van der Waals surface area contributed by atoms with Crippen LogP contribution in [0.1, 0.15) is 23.0 Å². The Kier molecular flexibility index (Phi) is 6.64. The summed E-state index contributed by atoms with van der Waals surface area (Å²) in [4.78, 5) is 23.6. The molecule has 13 heteroatoms. The van der Waals surface area contributed by atoms with Crippen LogP contribution in [0.15, 0.2) is 39.8 Å². The summed E-state index contributed by atoms with van der Waals surface area (Å²) < 4.78 is 71.7. The van der Waals surface area contributed by atoms with Gasteiger partial charge in [-0.05, 0) is 32.0 Å². The molecular weight excluding hydrogens is 419 g/mol. The van der Waals surface area contributed by atoms with Crippen LogP contribution < -0.4 is 10.0 Å². The number of rotatable bonds is 7. The summed E-state index contributed by atoms with van der Waals surface area (Å²) in [6.45, 7) is 1.12. The molecule has 158 valence electrons. The summed E-state index contributed by atoms with van der Waals surface area (Å²) in [5, 5.41) is 5.90. The largest absolute Gasteiger partial charge is 0.449 e. The third-order valence-electron chi connectivity index (χ3n) is 3.37. The van der Waals surface area contributed by atoms with Crippen molar-refractivity contribution in [3.63, 3.8) is 0 Å². The monoisotopic (exact) mass is 435 g/mol. The van der Waals surface area contributed by atoms with Crippen molar-refractivity contribution in [2.75, 3.05) is 11.9 Å². The van der Waals surface area contributed by atoms with Gasteiger partial charge in [0.05, 0.1) is 10.5 Å². The van der Waals surface area contributed by atoms with Crippen molar-refractivity contribution < 1.29 is 40.4 Å². The first kappa shape index (κ1) is 22.4. The number of benzene rings is 1. The van der Waals surface area contributed by atoms with Crippen molar-refractivity contribution in [1.29, 1.82) is 0 Å². The molecule has 0 saturated carbocycles. The summed E-state index contributed by atoms with van der Waals surface area (Å²) in [7, 11) is -4.51. The molecule has 29 heavy (non-hydrogen) atoms. The Labute approximate surface area is 163 Å². The summed E-state index contributed by atoms with van der Waals surface area (Å²) in [5.41, 5.74) is -0.267. The fourth-order valence-electron chi connectivity index (χ4n) is 1.99. The first-order chi connectivity index (χ1) is 13.4. The molecule has 0 saturated heterocycles. The standard InChI is InChI=1S/C16H16F3N3O6S/c1-9-6-13(22-28-9)21-14(23)10(2)27-15(24)11-4-3-5-12(7-11)29(25,26)20-8-16(17,18)19/h3-7,10,20H,8H2,1-2H3,(H,21,22,23)/t10-/m1/s1. The Morgan fingerprint density at radius 1 is 1.28 bits per heavy atom. The van der Waals surface area contributed by atoms with E-state index in [4.69, 9.17) is 9.26 Å². The molecule has 1 amide bonds. The van der Waals surface area contributed by atoms with Gasteiger partial charge in [0, 0.05) is 6.07 Å². The molecule has 0 aliphatic rings. The first-order valence-corrected chi connectivity index (χ1v) is 9.47. The van der Waals surface area contributed by atoms with E-state index in [1.165, 1.54) is 23.8 Å². The number of carbonyl (C=O) groups is 2. The van der Waals surface area contributed by atoms with Gasteiger partial charge in [-0.1, -0.05) is 11.2 Å². The van der Waals surface area contributed by atoms with E-state index in [1.807, 2.05) is 0 Å². The number of anilines is 1. The zero-order valence-electron chi connectivity index (χ0n) is 15.1. The Morgan fingerprint density at radius 2 is 1.97 bits per heavy atom. The predicted molar refractivity (Wildman–Crippen MR) is 92.4 cm³/mol. The number of nitrogens with zero attached hydrogens (tertiary/aromatic N) is 1. The summed E-state index contributed by atoms with van der Waals surface area (Å²) >= 11 is 0. The number of esters is 1. The summed E-state index contributed by atoms with van der Waals surface area (Å²) in [6.07, 6.45) is -6.02. The van der Waals surface area contributed by atoms with Crippen LogP contribution in [0.25, 0.3) is 0 Å². The van der Waals surface area contributed by atoms with Gasteiger partial charge in [-0.2, -0.15) is 13.2 Å². The highest BCUT2D eigenvalue weighted by Crippen LogP contribution is 2.17. The maximum Gasteiger partial charge on any atom is 0.402 e. The molecule has 1 heterocycles. The summed E-state index contributed by atoms with van der Waals surface area (Å²) in [6, 6.07) is 5.64. The zero-order valence-corrected chi connectivity index (χ0v) is 15.9. The molecule has 0 spiro atoms. The van der Waals surface area contributed by atoms with E-state index in [-0.39, 0.29) is 11.4 Å². The lowest BCUT2D eigenvalue weighted by Gasteiger charge is -2.13. The second-order valence-corrected chi connectivity index (χ2v) is 7.59. The van der Waals surface area contributed by atoms with E-state index in [0.29, 0.717) is 5.76 Å². The van der Waals surface area contributed by atoms with Crippen LogP contribution in [0.2, 0.25) is 0 Å². The smallest absolute Gasteiger partial charge is 0.402 e. The van der Waals surface area contributed by atoms with Crippen LogP contribution in [0, 0.1) is 6.92 Å². The number of alkyl halides is 3. The Morgan fingerprint density at radius 3 is 2.55 bits per heavy atom. The van der Waals surface area contributed by atoms with Gasteiger partial charge >= 0.3 is 12.1 Å². The number of aryl methyl sites for hydroxylation is 1.